The van der Waals surface area contributed by atoms with Crippen molar-refractivity contribution in [3.05, 3.63) is 36.2 Å². The topological polar surface area (TPSA) is 70.3 Å². The van der Waals surface area contributed by atoms with Crippen LogP contribution in [-0.4, -0.2) is 17.1 Å². The predicted octanol–water partition coefficient (Wildman–Crippen LogP) is 2.17. The molecule has 5 heteroatoms. The van der Waals surface area contributed by atoms with Crippen LogP contribution in [0.4, 0.5) is 5.69 Å². The number of ether oxygens (including phenoxy) is 2. The Hall–Kier alpha value is -2.30. The van der Waals surface area contributed by atoms with E-state index in [-0.39, 0.29) is 0 Å². The molecule has 0 amide bonds. The number of aryl methyl sites for hydroxylation is 1. The Kier molecular flexibility index (Phi) is 3.09. The van der Waals surface area contributed by atoms with Gasteiger partial charge in [-0.15, -0.1) is 0 Å². The van der Waals surface area contributed by atoms with E-state index in [4.69, 9.17) is 15.2 Å². The summed E-state index contributed by atoms with van der Waals surface area (Å²) in [5.74, 6) is 2.01. The van der Waals surface area contributed by atoms with Gasteiger partial charge in [-0.3, -0.25) is 0 Å². The second-order valence-corrected chi connectivity index (χ2v) is 3.44. The van der Waals surface area contributed by atoms with Crippen LogP contribution in [0.25, 0.3) is 0 Å². The molecule has 0 unspecified atom stereocenters. The minimum absolute atomic E-state index is 0.409. The number of rotatable bonds is 3. The fraction of sp³-hybridized carbons (Fsp3) is 0.167. The Labute approximate surface area is 99.2 Å². The van der Waals surface area contributed by atoms with E-state index in [0.29, 0.717) is 29.0 Å². The van der Waals surface area contributed by atoms with Crippen LogP contribution in [-0.2, 0) is 0 Å². The highest BCUT2D eigenvalue weighted by atomic mass is 16.5. The van der Waals surface area contributed by atoms with Crippen molar-refractivity contribution in [2.24, 2.45) is 0 Å². The van der Waals surface area contributed by atoms with Gasteiger partial charge in [-0.1, -0.05) is 12.1 Å². The van der Waals surface area contributed by atoms with Crippen molar-refractivity contribution in [3.63, 3.8) is 0 Å². The van der Waals surface area contributed by atoms with Gasteiger partial charge in [0, 0.05) is 0 Å². The third-order valence-corrected chi connectivity index (χ3v) is 2.13. The lowest BCUT2D eigenvalue weighted by molar-refractivity contribution is 0.386. The number of nitrogens with zero attached hydrogens (tertiary/aromatic N) is 2. The Morgan fingerprint density at radius 3 is 2.53 bits per heavy atom. The van der Waals surface area contributed by atoms with E-state index in [1.165, 1.54) is 0 Å². The van der Waals surface area contributed by atoms with Crippen molar-refractivity contribution in [1.29, 1.82) is 0 Å². The maximum Gasteiger partial charge on any atom is 0.226 e. The van der Waals surface area contributed by atoms with Gasteiger partial charge in [0.05, 0.1) is 18.9 Å². The SMILES string of the molecule is COc1cc(Oc2ccccc2N)nc(C)n1. The Bertz CT molecular complexity index is 529. The van der Waals surface area contributed by atoms with Crippen molar-refractivity contribution in [1.82, 2.24) is 9.97 Å². The summed E-state index contributed by atoms with van der Waals surface area (Å²) in [7, 11) is 1.54. The molecule has 0 radical (unpaired) electrons. The molecule has 0 saturated carbocycles. The van der Waals surface area contributed by atoms with Gasteiger partial charge in [-0.2, -0.15) is 9.97 Å². The lowest BCUT2D eigenvalue weighted by Crippen LogP contribution is -1.97. The number of nitrogen functional groups attached to an aromatic ring is 1. The van der Waals surface area contributed by atoms with Crippen LogP contribution in [0.3, 0.4) is 0 Å². The average Bonchev–Trinajstić information content (AvgIpc) is 2.31. The molecule has 0 aliphatic rings. The number of nitrogens with two attached hydrogens (primary N) is 1. The molecule has 0 atom stereocenters. The van der Waals surface area contributed by atoms with Crippen LogP contribution < -0.4 is 15.2 Å². The van der Waals surface area contributed by atoms with E-state index in [0.717, 1.165) is 0 Å². The van der Waals surface area contributed by atoms with Gasteiger partial charge < -0.3 is 15.2 Å². The third kappa shape index (κ3) is 2.63. The van der Waals surface area contributed by atoms with E-state index in [1.54, 1.807) is 32.2 Å². The minimum atomic E-state index is 0.409. The van der Waals surface area contributed by atoms with Gasteiger partial charge in [0.1, 0.15) is 5.82 Å². The lowest BCUT2D eigenvalue weighted by atomic mass is 10.3. The maximum absolute atomic E-state index is 5.78. The lowest BCUT2D eigenvalue weighted by Gasteiger charge is -2.08. The highest BCUT2D eigenvalue weighted by Crippen LogP contribution is 2.26. The first-order chi connectivity index (χ1) is 8.19. The second-order valence-electron chi connectivity index (χ2n) is 3.44. The Balaban J connectivity index is 2.30. The van der Waals surface area contributed by atoms with Gasteiger partial charge in [-0.05, 0) is 19.1 Å². The van der Waals surface area contributed by atoms with Gasteiger partial charge in [-0.25, -0.2) is 0 Å². The summed E-state index contributed by atoms with van der Waals surface area (Å²) in [6.07, 6.45) is 0. The molecule has 0 fully saturated rings. The summed E-state index contributed by atoms with van der Waals surface area (Å²) >= 11 is 0. The summed E-state index contributed by atoms with van der Waals surface area (Å²) in [6.45, 7) is 1.77. The van der Waals surface area contributed by atoms with E-state index in [9.17, 15) is 0 Å². The number of aromatic nitrogens is 2. The summed E-state index contributed by atoms with van der Waals surface area (Å²) < 4.78 is 10.6. The van der Waals surface area contributed by atoms with E-state index >= 15 is 0 Å². The van der Waals surface area contributed by atoms with Crippen molar-refractivity contribution < 1.29 is 9.47 Å². The van der Waals surface area contributed by atoms with Crippen molar-refractivity contribution in [2.75, 3.05) is 12.8 Å². The Morgan fingerprint density at radius 1 is 1.12 bits per heavy atom. The molecule has 2 N–H and O–H groups in total. The molecular weight excluding hydrogens is 218 g/mol. The third-order valence-electron chi connectivity index (χ3n) is 2.13. The molecule has 1 aromatic carbocycles. The van der Waals surface area contributed by atoms with Crippen LogP contribution in [0.5, 0.6) is 17.5 Å². The maximum atomic E-state index is 5.78. The van der Waals surface area contributed by atoms with E-state index in [2.05, 4.69) is 9.97 Å². The summed E-state index contributed by atoms with van der Waals surface area (Å²) in [5, 5.41) is 0. The highest BCUT2D eigenvalue weighted by molar-refractivity contribution is 5.53. The van der Waals surface area contributed by atoms with Crippen LogP contribution in [0.15, 0.2) is 30.3 Å². The number of hydrogen-bond acceptors (Lipinski definition) is 5. The molecule has 0 spiro atoms. The molecule has 5 nitrogen and oxygen atoms in total. The van der Waals surface area contributed by atoms with Crippen molar-refractivity contribution >= 4 is 5.69 Å². The Morgan fingerprint density at radius 2 is 1.82 bits per heavy atom. The molecule has 0 aliphatic carbocycles. The zero-order valence-electron chi connectivity index (χ0n) is 9.68. The molecular formula is C12H13N3O2. The average molecular weight is 231 g/mol. The minimum Gasteiger partial charge on any atom is -0.481 e. The molecule has 0 saturated heterocycles. The molecule has 1 aromatic heterocycles. The smallest absolute Gasteiger partial charge is 0.226 e. The van der Waals surface area contributed by atoms with Gasteiger partial charge >= 0.3 is 0 Å². The van der Waals surface area contributed by atoms with Gasteiger partial charge in [0.2, 0.25) is 11.8 Å². The largest absolute Gasteiger partial charge is 0.481 e. The van der Waals surface area contributed by atoms with Crippen molar-refractivity contribution in [2.45, 2.75) is 6.92 Å². The molecule has 1 heterocycles. The van der Waals surface area contributed by atoms with Gasteiger partial charge in [0.25, 0.3) is 0 Å². The molecule has 17 heavy (non-hydrogen) atoms. The molecule has 88 valence electrons. The van der Waals surface area contributed by atoms with Crippen LogP contribution in [0.1, 0.15) is 5.82 Å². The standard InChI is InChI=1S/C12H13N3O2/c1-8-14-11(16-2)7-12(15-8)17-10-6-4-3-5-9(10)13/h3-7H,13H2,1-2H3. The quantitative estimate of drug-likeness (QED) is 0.820. The normalized spacial score (nSPS) is 10.0. The predicted molar refractivity (Wildman–Crippen MR) is 64.2 cm³/mol. The zero-order valence-corrected chi connectivity index (χ0v) is 9.68. The highest BCUT2D eigenvalue weighted by Gasteiger charge is 2.06. The molecule has 2 rings (SSSR count). The fourth-order valence-electron chi connectivity index (χ4n) is 1.36. The van der Waals surface area contributed by atoms with E-state index < -0.39 is 0 Å². The van der Waals surface area contributed by atoms with Crippen LogP contribution in [0, 0.1) is 6.92 Å². The summed E-state index contributed by atoms with van der Waals surface area (Å²) in [5.41, 5.74) is 6.34. The number of para-hydroxylation sites is 2. The summed E-state index contributed by atoms with van der Waals surface area (Å²) in [4.78, 5) is 8.22. The molecule has 0 aliphatic heterocycles. The van der Waals surface area contributed by atoms with Crippen LogP contribution >= 0.6 is 0 Å². The van der Waals surface area contributed by atoms with E-state index in [1.807, 2.05) is 12.1 Å². The second kappa shape index (κ2) is 4.69. The van der Waals surface area contributed by atoms with Crippen molar-refractivity contribution in [3.8, 4) is 17.5 Å². The fourth-order valence-corrected chi connectivity index (χ4v) is 1.36. The number of anilines is 1. The van der Waals surface area contributed by atoms with Crippen LogP contribution in [0.2, 0.25) is 0 Å². The molecule has 0 bridgehead atoms. The first-order valence-corrected chi connectivity index (χ1v) is 5.11. The number of methoxy groups -OCH3 is 1. The monoisotopic (exact) mass is 231 g/mol. The first kappa shape index (κ1) is 11.2. The summed E-state index contributed by atoms with van der Waals surface area (Å²) in [6, 6.07) is 8.84. The van der Waals surface area contributed by atoms with Gasteiger partial charge in [0.15, 0.2) is 5.75 Å². The number of benzene rings is 1. The molecule has 2 aromatic rings. The first-order valence-electron chi connectivity index (χ1n) is 5.11. The zero-order chi connectivity index (χ0) is 12.3. The number of hydrogen-bond donors (Lipinski definition) is 1.